The fraction of sp³-hybridized carbons (Fsp3) is 0.474. The third-order valence-corrected chi connectivity index (χ3v) is 5.91. The molecule has 1 saturated carbocycles. The molecule has 0 spiro atoms. The maximum absolute atomic E-state index is 12.4. The summed E-state index contributed by atoms with van der Waals surface area (Å²) in [5.41, 5.74) is -0.515. The molecule has 3 rings (SSSR count). The molecule has 2 aromatic rings. The molecule has 8 nitrogen and oxygen atoms in total. The number of rotatable bonds is 9. The van der Waals surface area contributed by atoms with E-state index in [-0.39, 0.29) is 18.1 Å². The van der Waals surface area contributed by atoms with E-state index < -0.39 is 18.0 Å². The molecule has 1 aliphatic rings. The van der Waals surface area contributed by atoms with Crippen molar-refractivity contribution in [2.45, 2.75) is 44.4 Å². The Labute approximate surface area is 176 Å². The van der Waals surface area contributed by atoms with Crippen molar-refractivity contribution in [3.63, 3.8) is 0 Å². The zero-order valence-electron chi connectivity index (χ0n) is 16.3. The molecule has 0 saturated heterocycles. The second-order valence-corrected chi connectivity index (χ2v) is 7.82. The van der Waals surface area contributed by atoms with Gasteiger partial charge in [-0.3, -0.25) is 9.59 Å². The Balaban J connectivity index is 1.66. The first kappa shape index (κ1) is 22.0. The highest BCUT2D eigenvalue weighted by atomic mass is 32.2. The summed E-state index contributed by atoms with van der Waals surface area (Å²) in [6.45, 7) is -0.964. The van der Waals surface area contributed by atoms with Crippen molar-refractivity contribution in [2.75, 3.05) is 18.2 Å². The van der Waals surface area contributed by atoms with Crippen LogP contribution in [0.15, 0.2) is 29.4 Å². The number of hydrogen-bond acceptors (Lipinski definition) is 8. The van der Waals surface area contributed by atoms with E-state index in [9.17, 15) is 18.4 Å². The lowest BCUT2D eigenvalue weighted by Gasteiger charge is -2.24. The van der Waals surface area contributed by atoms with E-state index in [0.29, 0.717) is 48.0 Å². The number of carbonyl (C=O) groups is 2. The number of nitrogens with two attached hydrogens (primary N) is 1. The van der Waals surface area contributed by atoms with Crippen molar-refractivity contribution >= 4 is 23.5 Å². The maximum Gasteiger partial charge on any atom is 0.387 e. The van der Waals surface area contributed by atoms with Crippen molar-refractivity contribution < 1.29 is 27.8 Å². The maximum atomic E-state index is 12.4. The Kier molecular flexibility index (Phi) is 6.91. The largest absolute Gasteiger partial charge is 0.465 e. The molecule has 0 radical (unpaired) electrons. The summed E-state index contributed by atoms with van der Waals surface area (Å²) in [6, 6.07) is 5.87. The zero-order chi connectivity index (χ0) is 21.7. The summed E-state index contributed by atoms with van der Waals surface area (Å²) in [4.78, 5) is 24.8. The molecule has 162 valence electrons. The fourth-order valence-electron chi connectivity index (χ4n) is 3.46. The van der Waals surface area contributed by atoms with Gasteiger partial charge in [0.15, 0.2) is 5.82 Å². The second-order valence-electron chi connectivity index (χ2n) is 6.76. The number of Topliss-reactive ketones (excluding diaryl/α,β-unsaturated/α-hetero) is 1. The zero-order valence-corrected chi connectivity index (χ0v) is 17.2. The van der Waals surface area contributed by atoms with Gasteiger partial charge in [0.2, 0.25) is 5.16 Å². The predicted octanol–water partition coefficient (Wildman–Crippen LogP) is 3.05. The highest BCUT2D eigenvalue weighted by Gasteiger charge is 2.49. The van der Waals surface area contributed by atoms with Crippen molar-refractivity contribution in [3.05, 3.63) is 24.3 Å². The van der Waals surface area contributed by atoms with Gasteiger partial charge < -0.3 is 15.3 Å². The molecule has 1 aromatic heterocycles. The first-order valence-electron chi connectivity index (χ1n) is 9.46. The average molecular weight is 440 g/mol. The van der Waals surface area contributed by atoms with Gasteiger partial charge in [0.25, 0.3) is 0 Å². The van der Waals surface area contributed by atoms with Gasteiger partial charge in [-0.05, 0) is 50.5 Å². The highest BCUT2D eigenvalue weighted by Crippen LogP contribution is 2.40. The van der Waals surface area contributed by atoms with Gasteiger partial charge in [-0.15, -0.1) is 10.2 Å². The van der Waals surface area contributed by atoms with Gasteiger partial charge in [-0.25, -0.2) is 4.68 Å². The molecule has 1 aliphatic carbocycles. The molecule has 1 fully saturated rings. The van der Waals surface area contributed by atoms with E-state index in [2.05, 4.69) is 14.9 Å². The van der Waals surface area contributed by atoms with Crippen LogP contribution in [0.2, 0.25) is 0 Å². The third-order valence-electron chi connectivity index (χ3n) is 4.97. The molecule has 1 heterocycles. The fourth-order valence-corrected chi connectivity index (χ4v) is 4.41. The minimum Gasteiger partial charge on any atom is -0.465 e. The topological polar surface area (TPSA) is 109 Å². The van der Waals surface area contributed by atoms with Crippen LogP contribution in [0, 0.1) is 5.41 Å². The summed E-state index contributed by atoms with van der Waals surface area (Å²) >= 11 is 1.28. The van der Waals surface area contributed by atoms with E-state index >= 15 is 0 Å². The summed E-state index contributed by atoms with van der Waals surface area (Å²) < 4.78 is 35.3. The number of alkyl halides is 2. The van der Waals surface area contributed by atoms with Crippen LogP contribution in [0.5, 0.6) is 5.75 Å². The van der Waals surface area contributed by atoms with Crippen LogP contribution < -0.4 is 10.6 Å². The van der Waals surface area contributed by atoms with Gasteiger partial charge in [0.05, 0.1) is 6.61 Å². The predicted molar refractivity (Wildman–Crippen MR) is 106 cm³/mol. The van der Waals surface area contributed by atoms with Crippen LogP contribution in [0.3, 0.4) is 0 Å². The van der Waals surface area contributed by atoms with E-state index in [1.165, 1.54) is 28.6 Å². The van der Waals surface area contributed by atoms with Crippen molar-refractivity contribution in [1.82, 2.24) is 14.9 Å². The molecule has 0 aliphatic heterocycles. The Bertz CT molecular complexity index is 906. The second kappa shape index (κ2) is 9.41. The summed E-state index contributed by atoms with van der Waals surface area (Å²) in [5.74, 6) is 6.33. The number of thioether (sulfide) groups is 1. The smallest absolute Gasteiger partial charge is 0.387 e. The minimum absolute atomic E-state index is 0.0249. The van der Waals surface area contributed by atoms with Crippen molar-refractivity contribution in [1.29, 1.82) is 0 Å². The number of aromatic nitrogens is 3. The molecule has 0 unspecified atom stereocenters. The first-order valence-corrected chi connectivity index (χ1v) is 10.4. The molecule has 0 bridgehead atoms. The lowest BCUT2D eigenvalue weighted by molar-refractivity contribution is -0.158. The van der Waals surface area contributed by atoms with Crippen LogP contribution in [0.4, 0.5) is 8.78 Å². The number of halogens is 2. The summed E-state index contributed by atoms with van der Waals surface area (Å²) in [6.07, 6.45) is 1.87. The number of ether oxygens (including phenoxy) is 2. The Hall–Kier alpha value is -2.69. The quantitative estimate of drug-likeness (QED) is 0.274. The average Bonchev–Trinajstić information content (AvgIpc) is 3.26. The van der Waals surface area contributed by atoms with Crippen LogP contribution >= 0.6 is 11.8 Å². The van der Waals surface area contributed by atoms with Crippen LogP contribution in [-0.4, -0.2) is 45.6 Å². The van der Waals surface area contributed by atoms with Gasteiger partial charge >= 0.3 is 12.6 Å². The standard InChI is InChI=1S/C19H22F2N4O4S/c1-2-28-16(27)19(9-3-4-14(19)26)10-11-30-18-24-23-15(25(18)22)12-5-7-13(8-6-12)29-17(20)21/h5-8,17H,2-4,9-11,22H2,1H3/t19-/m0/s1. The van der Waals surface area contributed by atoms with Crippen molar-refractivity contribution in [2.24, 2.45) is 5.41 Å². The molecule has 0 amide bonds. The third kappa shape index (κ3) is 4.55. The van der Waals surface area contributed by atoms with Crippen LogP contribution in [0.25, 0.3) is 11.4 Å². The summed E-state index contributed by atoms with van der Waals surface area (Å²) in [5, 5.41) is 8.50. The lowest BCUT2D eigenvalue weighted by atomic mass is 9.82. The minimum atomic E-state index is -2.90. The monoisotopic (exact) mass is 440 g/mol. The van der Waals surface area contributed by atoms with E-state index in [1.807, 2.05) is 0 Å². The number of carbonyl (C=O) groups excluding carboxylic acids is 2. The van der Waals surface area contributed by atoms with Gasteiger partial charge in [-0.1, -0.05) is 11.8 Å². The van der Waals surface area contributed by atoms with Gasteiger partial charge in [-0.2, -0.15) is 8.78 Å². The van der Waals surface area contributed by atoms with Gasteiger partial charge in [0, 0.05) is 17.7 Å². The SMILES string of the molecule is CCOC(=O)[C@]1(CCSc2nnc(-c3ccc(OC(F)F)cc3)n2N)CCCC1=O. The number of nitrogen functional groups attached to an aromatic ring is 1. The number of hydrogen-bond donors (Lipinski definition) is 1. The molecular formula is C19H22F2N4O4S. The highest BCUT2D eigenvalue weighted by molar-refractivity contribution is 7.99. The van der Waals surface area contributed by atoms with Crippen molar-refractivity contribution in [3.8, 4) is 17.1 Å². The molecule has 2 N–H and O–H groups in total. The molecule has 30 heavy (non-hydrogen) atoms. The van der Waals surface area contributed by atoms with Crippen LogP contribution in [0.1, 0.15) is 32.6 Å². The number of benzene rings is 1. The van der Waals surface area contributed by atoms with E-state index in [1.54, 1.807) is 19.1 Å². The summed E-state index contributed by atoms with van der Waals surface area (Å²) in [7, 11) is 0. The molecule has 11 heteroatoms. The number of ketones is 1. The van der Waals surface area contributed by atoms with E-state index in [4.69, 9.17) is 10.6 Å². The molecule has 1 aromatic carbocycles. The molecular weight excluding hydrogens is 418 g/mol. The van der Waals surface area contributed by atoms with E-state index in [0.717, 1.165) is 0 Å². The first-order chi connectivity index (χ1) is 14.4. The van der Waals surface area contributed by atoms with Gasteiger partial charge in [0.1, 0.15) is 16.9 Å². The number of esters is 1. The Morgan fingerprint density at radius 1 is 1.33 bits per heavy atom. The Morgan fingerprint density at radius 3 is 2.67 bits per heavy atom. The normalized spacial score (nSPS) is 18.7. The molecule has 1 atom stereocenters. The Morgan fingerprint density at radius 2 is 2.07 bits per heavy atom. The number of nitrogens with zero attached hydrogens (tertiary/aromatic N) is 3. The van der Waals surface area contributed by atoms with Crippen LogP contribution in [-0.2, 0) is 14.3 Å². The lowest BCUT2D eigenvalue weighted by Crippen LogP contribution is -2.37.